The third kappa shape index (κ3) is 3.40. The molecule has 1 N–H and O–H groups in total. The van der Waals surface area contributed by atoms with Gasteiger partial charge in [-0.3, -0.25) is 14.5 Å². The number of nitrogens with zero attached hydrogens (tertiary/aromatic N) is 1. The minimum absolute atomic E-state index is 0.0163. The number of piperazine rings is 1. The fourth-order valence-electron chi connectivity index (χ4n) is 2.28. The molecular weight excluding hydrogens is 404 g/mol. The second-order valence-electron chi connectivity index (χ2n) is 4.77. The smallest absolute Gasteiger partial charge is 0.250 e. The van der Waals surface area contributed by atoms with E-state index in [2.05, 4.69) is 37.2 Å². The maximum atomic E-state index is 12.5. The summed E-state index contributed by atoms with van der Waals surface area (Å²) in [5, 5.41) is 2.74. The first-order valence-electron chi connectivity index (χ1n) is 6.61. The molecule has 1 aromatic rings. The van der Waals surface area contributed by atoms with E-state index in [1.807, 2.05) is 13.0 Å². The molecule has 114 valence electrons. The molecule has 0 saturated carbocycles. The molecule has 1 fully saturated rings. The van der Waals surface area contributed by atoms with E-state index in [0.29, 0.717) is 17.9 Å². The molecule has 0 spiro atoms. The number of nitrogens with one attached hydrogen (secondary N) is 1. The zero-order chi connectivity index (χ0) is 15.6. The van der Waals surface area contributed by atoms with Crippen molar-refractivity contribution < 1.29 is 14.3 Å². The summed E-state index contributed by atoms with van der Waals surface area (Å²) < 4.78 is 6.77. The summed E-state index contributed by atoms with van der Waals surface area (Å²) >= 11 is 6.83. The highest BCUT2D eigenvalue weighted by atomic mass is 79.9. The number of hydrogen-bond acceptors (Lipinski definition) is 3. The Kier molecular flexibility index (Phi) is 5.27. The molecule has 2 amide bonds. The third-order valence-electron chi connectivity index (χ3n) is 3.29. The maximum absolute atomic E-state index is 12.5. The molecule has 0 aromatic heterocycles. The normalized spacial score (nSPS) is 18.7. The van der Waals surface area contributed by atoms with Crippen molar-refractivity contribution in [3.8, 4) is 5.75 Å². The number of ether oxygens (including phenoxy) is 1. The van der Waals surface area contributed by atoms with Crippen LogP contribution in [0.15, 0.2) is 21.1 Å². The zero-order valence-corrected chi connectivity index (χ0v) is 15.0. The van der Waals surface area contributed by atoms with Gasteiger partial charge in [0, 0.05) is 10.5 Å². The number of carbonyl (C=O) groups excluding carboxylic acids is 2. The maximum Gasteiger partial charge on any atom is 0.250 e. The van der Waals surface area contributed by atoms with Gasteiger partial charge in [-0.05, 0) is 44.3 Å². The highest BCUT2D eigenvalue weighted by Crippen LogP contribution is 2.37. The van der Waals surface area contributed by atoms with Crippen molar-refractivity contribution in [3.05, 3.63) is 21.1 Å². The lowest BCUT2D eigenvalue weighted by molar-refractivity contribution is -0.131. The van der Waals surface area contributed by atoms with Gasteiger partial charge in [-0.15, -0.1) is 0 Å². The van der Waals surface area contributed by atoms with Crippen LogP contribution < -0.4 is 15.0 Å². The summed E-state index contributed by atoms with van der Waals surface area (Å²) in [7, 11) is 1.56. The molecule has 0 bridgehead atoms. The fraction of sp³-hybridized carbons (Fsp3) is 0.429. The lowest BCUT2D eigenvalue weighted by Gasteiger charge is -2.33. The zero-order valence-electron chi connectivity index (χ0n) is 11.8. The van der Waals surface area contributed by atoms with Crippen LogP contribution in [0.4, 0.5) is 5.69 Å². The van der Waals surface area contributed by atoms with Gasteiger partial charge >= 0.3 is 0 Å². The Hall–Kier alpha value is -1.08. The number of halogens is 2. The lowest BCUT2D eigenvalue weighted by Crippen LogP contribution is -2.58. The minimum atomic E-state index is -0.460. The summed E-state index contributed by atoms with van der Waals surface area (Å²) in [6.07, 6.45) is 1.46. The van der Waals surface area contributed by atoms with E-state index in [4.69, 9.17) is 4.74 Å². The van der Waals surface area contributed by atoms with Crippen LogP contribution in [0.2, 0.25) is 0 Å². The van der Waals surface area contributed by atoms with Crippen molar-refractivity contribution >= 4 is 49.4 Å². The average molecular weight is 420 g/mol. The number of amides is 2. The van der Waals surface area contributed by atoms with Crippen molar-refractivity contribution in [3.63, 3.8) is 0 Å². The molecule has 2 rings (SSSR count). The standard InChI is InChI=1S/C14H16Br2N2O3/c1-3-4-10-14(20)18(7-13(19)17-10)11-6-12(21-2)9(16)5-8(11)15/h5-6,10H,3-4,7H2,1-2H3,(H,17,19). The van der Waals surface area contributed by atoms with Crippen LogP contribution in [0, 0.1) is 0 Å². The Morgan fingerprint density at radius 1 is 1.33 bits per heavy atom. The average Bonchev–Trinajstić information content (AvgIpc) is 2.43. The lowest BCUT2D eigenvalue weighted by atomic mass is 10.1. The van der Waals surface area contributed by atoms with Gasteiger partial charge in [-0.1, -0.05) is 13.3 Å². The first-order chi connectivity index (χ1) is 9.97. The van der Waals surface area contributed by atoms with E-state index in [-0.39, 0.29) is 18.4 Å². The number of carbonyl (C=O) groups is 2. The molecule has 1 unspecified atom stereocenters. The Balaban J connectivity index is 2.39. The van der Waals surface area contributed by atoms with Crippen LogP contribution in [-0.4, -0.2) is 31.5 Å². The van der Waals surface area contributed by atoms with Crippen LogP contribution >= 0.6 is 31.9 Å². The van der Waals surface area contributed by atoms with E-state index in [0.717, 1.165) is 15.4 Å². The fourth-order valence-corrected chi connectivity index (χ4v) is 3.65. The van der Waals surface area contributed by atoms with Gasteiger partial charge in [0.15, 0.2) is 0 Å². The van der Waals surface area contributed by atoms with Crippen LogP contribution in [0.3, 0.4) is 0 Å². The number of benzene rings is 1. The van der Waals surface area contributed by atoms with Crippen molar-refractivity contribution in [2.75, 3.05) is 18.6 Å². The summed E-state index contributed by atoms with van der Waals surface area (Å²) in [4.78, 5) is 25.9. The Bertz CT molecular complexity index is 578. The predicted octanol–water partition coefficient (Wildman–Crippen LogP) is 2.85. The molecule has 1 aliphatic rings. The highest BCUT2D eigenvalue weighted by Gasteiger charge is 2.34. The predicted molar refractivity (Wildman–Crippen MR) is 87.6 cm³/mol. The Labute approximate surface area is 140 Å². The van der Waals surface area contributed by atoms with Crippen LogP contribution in [0.25, 0.3) is 0 Å². The SMILES string of the molecule is CCCC1NC(=O)CN(c2cc(OC)c(Br)cc2Br)C1=O. The van der Waals surface area contributed by atoms with Gasteiger partial charge in [-0.25, -0.2) is 0 Å². The third-order valence-corrected chi connectivity index (χ3v) is 4.55. The van der Waals surface area contributed by atoms with Gasteiger partial charge in [-0.2, -0.15) is 0 Å². The van der Waals surface area contributed by atoms with Gasteiger partial charge in [0.1, 0.15) is 18.3 Å². The largest absolute Gasteiger partial charge is 0.495 e. The molecule has 0 radical (unpaired) electrons. The van der Waals surface area contributed by atoms with Crippen molar-refractivity contribution in [1.82, 2.24) is 5.32 Å². The molecule has 1 heterocycles. The molecule has 1 aromatic carbocycles. The second kappa shape index (κ2) is 6.79. The molecule has 21 heavy (non-hydrogen) atoms. The quantitative estimate of drug-likeness (QED) is 0.816. The molecule has 5 nitrogen and oxygen atoms in total. The summed E-state index contributed by atoms with van der Waals surface area (Å²) in [6.45, 7) is 2.00. The van der Waals surface area contributed by atoms with E-state index in [1.54, 1.807) is 13.2 Å². The van der Waals surface area contributed by atoms with E-state index in [9.17, 15) is 9.59 Å². The van der Waals surface area contributed by atoms with Crippen LogP contribution in [0.5, 0.6) is 5.75 Å². The van der Waals surface area contributed by atoms with Crippen molar-refractivity contribution in [1.29, 1.82) is 0 Å². The Morgan fingerprint density at radius 2 is 2.05 bits per heavy atom. The number of rotatable bonds is 4. The van der Waals surface area contributed by atoms with Gasteiger partial charge in [0.05, 0.1) is 17.3 Å². The number of anilines is 1. The summed E-state index contributed by atoms with van der Waals surface area (Å²) in [5.74, 6) is 0.363. The molecule has 7 heteroatoms. The van der Waals surface area contributed by atoms with Crippen LogP contribution in [-0.2, 0) is 9.59 Å². The highest BCUT2D eigenvalue weighted by molar-refractivity contribution is 9.11. The summed E-state index contributed by atoms with van der Waals surface area (Å²) in [5.41, 5.74) is 0.635. The molecule has 1 atom stereocenters. The topological polar surface area (TPSA) is 58.6 Å². The van der Waals surface area contributed by atoms with Gasteiger partial charge in [0.25, 0.3) is 0 Å². The second-order valence-corrected chi connectivity index (χ2v) is 6.48. The molecule has 1 saturated heterocycles. The van der Waals surface area contributed by atoms with E-state index < -0.39 is 6.04 Å². The first kappa shape index (κ1) is 16.3. The summed E-state index contributed by atoms with van der Waals surface area (Å²) in [6, 6.07) is 3.09. The molecular formula is C14H16Br2N2O3. The Morgan fingerprint density at radius 3 is 2.67 bits per heavy atom. The van der Waals surface area contributed by atoms with Crippen molar-refractivity contribution in [2.45, 2.75) is 25.8 Å². The van der Waals surface area contributed by atoms with Gasteiger partial charge < -0.3 is 10.1 Å². The number of hydrogen-bond donors (Lipinski definition) is 1. The van der Waals surface area contributed by atoms with Crippen molar-refractivity contribution in [2.24, 2.45) is 0 Å². The minimum Gasteiger partial charge on any atom is -0.495 e. The first-order valence-corrected chi connectivity index (χ1v) is 8.20. The van der Waals surface area contributed by atoms with E-state index in [1.165, 1.54) is 4.90 Å². The van der Waals surface area contributed by atoms with Gasteiger partial charge in [0.2, 0.25) is 11.8 Å². The monoisotopic (exact) mass is 418 g/mol. The molecule has 0 aliphatic carbocycles. The van der Waals surface area contributed by atoms with Crippen LogP contribution in [0.1, 0.15) is 19.8 Å². The molecule has 1 aliphatic heterocycles. The van der Waals surface area contributed by atoms with E-state index >= 15 is 0 Å². The number of methoxy groups -OCH3 is 1.